The second-order valence-corrected chi connectivity index (χ2v) is 5.05. The van der Waals surface area contributed by atoms with Crippen LogP contribution in [0.5, 0.6) is 0 Å². The molecule has 0 atom stereocenters. The van der Waals surface area contributed by atoms with Gasteiger partial charge < -0.3 is 14.5 Å². The molecular formula is C18H14FNO3. The number of carbonyl (C=O) groups is 1. The molecule has 2 heterocycles. The Morgan fingerprint density at radius 2 is 1.96 bits per heavy atom. The Balaban J connectivity index is 1.72. The van der Waals surface area contributed by atoms with Crippen LogP contribution >= 0.6 is 0 Å². The van der Waals surface area contributed by atoms with E-state index in [2.05, 4.69) is 4.98 Å². The molecule has 0 spiro atoms. The number of hydrogen-bond acceptors (Lipinski definition) is 3. The van der Waals surface area contributed by atoms with Crippen molar-refractivity contribution in [3.05, 3.63) is 89.4 Å². The third-order valence-corrected chi connectivity index (χ3v) is 3.34. The Kier molecular flexibility index (Phi) is 4.10. The first kappa shape index (κ1) is 14.8. The lowest BCUT2D eigenvalue weighted by molar-refractivity contribution is 0.101. The molecule has 0 unspecified atom stereocenters. The van der Waals surface area contributed by atoms with E-state index >= 15 is 0 Å². The van der Waals surface area contributed by atoms with Crippen LogP contribution in [0.3, 0.4) is 0 Å². The summed E-state index contributed by atoms with van der Waals surface area (Å²) in [5, 5.41) is 9.84. The van der Waals surface area contributed by atoms with Crippen molar-refractivity contribution in [2.24, 2.45) is 0 Å². The number of carbonyl (C=O) groups excluding carboxylic acids is 1. The van der Waals surface area contributed by atoms with Gasteiger partial charge in [-0.05, 0) is 42.0 Å². The summed E-state index contributed by atoms with van der Waals surface area (Å²) in [7, 11) is 0. The number of aromatic nitrogens is 1. The van der Waals surface area contributed by atoms with E-state index in [-0.39, 0.29) is 17.3 Å². The molecule has 0 bridgehead atoms. The molecule has 2 aromatic heterocycles. The van der Waals surface area contributed by atoms with Gasteiger partial charge >= 0.3 is 0 Å². The molecule has 116 valence electrons. The molecule has 3 rings (SSSR count). The van der Waals surface area contributed by atoms with Gasteiger partial charge in [-0.3, -0.25) is 4.79 Å². The van der Waals surface area contributed by atoms with Gasteiger partial charge in [-0.25, -0.2) is 4.39 Å². The molecule has 0 fully saturated rings. The summed E-state index contributed by atoms with van der Waals surface area (Å²) in [5.74, 6) is -0.152. The van der Waals surface area contributed by atoms with E-state index in [9.17, 15) is 14.3 Å². The fourth-order valence-electron chi connectivity index (χ4n) is 2.17. The summed E-state index contributed by atoms with van der Waals surface area (Å²) in [5.41, 5.74) is 1.33. The van der Waals surface area contributed by atoms with Gasteiger partial charge in [-0.1, -0.05) is 12.1 Å². The van der Waals surface area contributed by atoms with Crippen molar-refractivity contribution < 1.29 is 18.7 Å². The number of aromatic amines is 1. The molecule has 1 aromatic carbocycles. The van der Waals surface area contributed by atoms with Crippen LogP contribution in [0.4, 0.5) is 4.39 Å². The number of halogens is 1. The minimum Gasteiger partial charge on any atom is -0.506 e. The van der Waals surface area contributed by atoms with E-state index < -0.39 is 5.78 Å². The maximum Gasteiger partial charge on any atom is 0.224 e. The molecule has 0 aliphatic heterocycles. The van der Waals surface area contributed by atoms with E-state index in [0.717, 1.165) is 11.6 Å². The summed E-state index contributed by atoms with van der Waals surface area (Å²) in [6.45, 7) is 0. The SMILES string of the molecule is O=C(/C=C(/O)c1ccc[nH]1)c1ccc(Cc2ccc(F)cc2)o1. The molecule has 0 saturated heterocycles. The second kappa shape index (κ2) is 6.36. The molecule has 0 amide bonds. The summed E-state index contributed by atoms with van der Waals surface area (Å²) in [4.78, 5) is 14.9. The number of aliphatic hydroxyl groups is 1. The maximum atomic E-state index is 12.9. The third kappa shape index (κ3) is 3.58. The van der Waals surface area contributed by atoms with Crippen molar-refractivity contribution in [2.75, 3.05) is 0 Å². The lowest BCUT2D eigenvalue weighted by atomic mass is 10.1. The van der Waals surface area contributed by atoms with Crippen LogP contribution in [0.1, 0.15) is 27.6 Å². The molecule has 3 aromatic rings. The number of furan rings is 1. The predicted molar refractivity (Wildman–Crippen MR) is 83.6 cm³/mol. The third-order valence-electron chi connectivity index (χ3n) is 3.34. The minimum atomic E-state index is -0.428. The van der Waals surface area contributed by atoms with Gasteiger partial charge in [-0.2, -0.15) is 0 Å². The largest absolute Gasteiger partial charge is 0.506 e. The Labute approximate surface area is 131 Å². The molecular weight excluding hydrogens is 297 g/mol. The maximum absolute atomic E-state index is 12.9. The Bertz CT molecular complexity index is 830. The van der Waals surface area contributed by atoms with Gasteiger partial charge in [0.2, 0.25) is 5.78 Å². The standard InChI is InChI=1S/C18H14FNO3/c19-13-5-3-12(4-6-13)10-14-7-8-18(23-14)17(22)11-16(21)15-2-1-9-20-15/h1-9,11,20-21H,10H2/b16-11+. The highest BCUT2D eigenvalue weighted by molar-refractivity contribution is 6.05. The van der Waals surface area contributed by atoms with Crippen LogP contribution < -0.4 is 0 Å². The highest BCUT2D eigenvalue weighted by Gasteiger charge is 2.11. The zero-order valence-electron chi connectivity index (χ0n) is 12.1. The predicted octanol–water partition coefficient (Wildman–Crippen LogP) is 4.12. The monoisotopic (exact) mass is 311 g/mol. The molecule has 5 heteroatoms. The average Bonchev–Trinajstić information content (AvgIpc) is 3.21. The highest BCUT2D eigenvalue weighted by Crippen LogP contribution is 2.16. The first-order valence-corrected chi connectivity index (χ1v) is 7.04. The van der Waals surface area contributed by atoms with Crippen LogP contribution in [0.2, 0.25) is 0 Å². The van der Waals surface area contributed by atoms with Crippen LogP contribution in [0.15, 0.2) is 65.2 Å². The van der Waals surface area contributed by atoms with Gasteiger partial charge in [0.25, 0.3) is 0 Å². The molecule has 0 radical (unpaired) electrons. The van der Waals surface area contributed by atoms with Gasteiger partial charge in [-0.15, -0.1) is 0 Å². The number of hydrogen-bond donors (Lipinski definition) is 2. The average molecular weight is 311 g/mol. The number of nitrogens with one attached hydrogen (secondary N) is 1. The summed E-state index contributed by atoms with van der Waals surface area (Å²) < 4.78 is 18.4. The van der Waals surface area contributed by atoms with E-state index in [4.69, 9.17) is 4.42 Å². The number of aliphatic hydroxyl groups excluding tert-OH is 1. The number of ketones is 1. The first-order chi connectivity index (χ1) is 11.1. The van der Waals surface area contributed by atoms with Crippen molar-refractivity contribution in [1.29, 1.82) is 0 Å². The van der Waals surface area contributed by atoms with Gasteiger partial charge in [0.1, 0.15) is 17.3 Å². The smallest absolute Gasteiger partial charge is 0.224 e. The van der Waals surface area contributed by atoms with Crippen molar-refractivity contribution >= 4 is 11.5 Å². The second-order valence-electron chi connectivity index (χ2n) is 5.05. The van der Waals surface area contributed by atoms with Crippen LogP contribution in [0, 0.1) is 5.82 Å². The number of allylic oxidation sites excluding steroid dienone is 1. The van der Waals surface area contributed by atoms with Crippen molar-refractivity contribution in [2.45, 2.75) is 6.42 Å². The summed E-state index contributed by atoms with van der Waals surface area (Å²) in [6.07, 6.45) is 3.21. The first-order valence-electron chi connectivity index (χ1n) is 7.04. The fraction of sp³-hybridized carbons (Fsp3) is 0.0556. The van der Waals surface area contributed by atoms with E-state index in [0.29, 0.717) is 17.9 Å². The van der Waals surface area contributed by atoms with Gasteiger partial charge in [0.05, 0.1) is 5.69 Å². The fourth-order valence-corrected chi connectivity index (χ4v) is 2.17. The van der Waals surface area contributed by atoms with Crippen molar-refractivity contribution in [3.63, 3.8) is 0 Å². The molecule has 0 aliphatic carbocycles. The van der Waals surface area contributed by atoms with E-state index in [1.165, 1.54) is 12.1 Å². The van der Waals surface area contributed by atoms with Gasteiger partial charge in [0, 0.05) is 18.7 Å². The van der Waals surface area contributed by atoms with Crippen LogP contribution in [-0.4, -0.2) is 15.9 Å². The Morgan fingerprint density at radius 3 is 2.65 bits per heavy atom. The van der Waals surface area contributed by atoms with E-state index in [1.807, 2.05) is 0 Å². The minimum absolute atomic E-state index is 0.139. The van der Waals surface area contributed by atoms with Crippen LogP contribution in [-0.2, 0) is 6.42 Å². The van der Waals surface area contributed by atoms with Crippen molar-refractivity contribution in [1.82, 2.24) is 4.98 Å². The lowest BCUT2D eigenvalue weighted by Crippen LogP contribution is -1.95. The Hall–Kier alpha value is -3.08. The molecule has 0 saturated carbocycles. The zero-order valence-corrected chi connectivity index (χ0v) is 12.1. The summed E-state index contributed by atoms with van der Waals surface area (Å²) >= 11 is 0. The van der Waals surface area contributed by atoms with E-state index in [1.54, 1.807) is 42.6 Å². The number of rotatable bonds is 5. The van der Waals surface area contributed by atoms with Crippen LogP contribution in [0.25, 0.3) is 5.76 Å². The topological polar surface area (TPSA) is 66.2 Å². The number of H-pyrrole nitrogens is 1. The number of benzene rings is 1. The summed E-state index contributed by atoms with van der Waals surface area (Å²) in [6, 6.07) is 12.7. The zero-order chi connectivity index (χ0) is 16.2. The highest BCUT2D eigenvalue weighted by atomic mass is 19.1. The van der Waals surface area contributed by atoms with Crippen molar-refractivity contribution in [3.8, 4) is 0 Å². The molecule has 2 N–H and O–H groups in total. The lowest BCUT2D eigenvalue weighted by Gasteiger charge is -1.98. The molecule has 0 aliphatic rings. The normalized spacial score (nSPS) is 11.6. The molecule has 23 heavy (non-hydrogen) atoms. The Morgan fingerprint density at radius 1 is 1.17 bits per heavy atom. The molecule has 4 nitrogen and oxygen atoms in total. The van der Waals surface area contributed by atoms with Gasteiger partial charge in [0.15, 0.2) is 5.76 Å². The quantitative estimate of drug-likeness (QED) is 0.423.